The number of sulfonamides is 1. The molecule has 0 aromatic carbocycles. The maximum Gasteiger partial charge on any atom is 0.471 e. The second-order valence-electron chi connectivity index (χ2n) is 8.30. The molecule has 0 aromatic rings. The number of carbonyl (C=O) groups excluding carboxylic acids is 1. The van der Waals surface area contributed by atoms with Crippen LogP contribution in [0.2, 0.25) is 0 Å². The molecule has 0 radical (unpaired) electrons. The van der Waals surface area contributed by atoms with E-state index < -0.39 is 33.7 Å². The number of hydrogen-bond donors (Lipinski definition) is 0. The average molecular weight is 422 g/mol. The first-order chi connectivity index (χ1) is 12.9. The van der Waals surface area contributed by atoms with Crippen LogP contribution in [0.15, 0.2) is 0 Å². The fraction of sp³-hybridized carbons (Fsp3) is 0.882. The molecule has 2 atom stereocenters. The van der Waals surface area contributed by atoms with Gasteiger partial charge in [-0.25, -0.2) is 8.42 Å². The smallest absolute Gasteiger partial charge is 0.329 e. The predicted molar refractivity (Wildman–Crippen MR) is 94.4 cm³/mol. The zero-order valence-corrected chi connectivity index (χ0v) is 16.8. The molecule has 0 bridgehead atoms. The molecule has 2 saturated heterocycles. The van der Waals surface area contributed by atoms with Gasteiger partial charge in [0.2, 0.25) is 10.0 Å². The second-order valence-corrected chi connectivity index (χ2v) is 10.3. The van der Waals surface area contributed by atoms with Crippen LogP contribution in [-0.2, 0) is 14.8 Å². The molecule has 0 aromatic heterocycles. The maximum atomic E-state index is 13.1. The molecule has 1 amide bonds. The molecular formula is C17H25F3N4O3S. The van der Waals surface area contributed by atoms with Crippen LogP contribution in [0.3, 0.4) is 0 Å². The fourth-order valence-electron chi connectivity index (χ4n) is 4.46. The topological polar surface area (TPSA) is 84.7 Å². The lowest BCUT2D eigenvalue weighted by Gasteiger charge is -2.56. The number of halogens is 3. The van der Waals surface area contributed by atoms with Crippen LogP contribution in [0.1, 0.15) is 32.6 Å². The van der Waals surface area contributed by atoms with Crippen molar-refractivity contribution in [3.63, 3.8) is 0 Å². The first-order valence-corrected chi connectivity index (χ1v) is 11.2. The van der Waals surface area contributed by atoms with Gasteiger partial charge < -0.3 is 4.90 Å². The Kier molecular flexibility index (Phi) is 5.44. The van der Waals surface area contributed by atoms with E-state index in [-0.39, 0.29) is 31.5 Å². The summed E-state index contributed by atoms with van der Waals surface area (Å²) in [7, 11) is -3.34. The highest BCUT2D eigenvalue weighted by Crippen LogP contribution is 2.41. The molecule has 2 heterocycles. The molecular weight excluding hydrogens is 397 g/mol. The van der Waals surface area contributed by atoms with Gasteiger partial charge in [0, 0.05) is 38.3 Å². The summed E-state index contributed by atoms with van der Waals surface area (Å²) in [5.74, 6) is -1.69. The molecule has 28 heavy (non-hydrogen) atoms. The molecule has 158 valence electrons. The number of nitriles is 1. The average Bonchev–Trinajstić information content (AvgIpc) is 3.25. The van der Waals surface area contributed by atoms with Crippen molar-refractivity contribution in [2.75, 3.05) is 32.4 Å². The van der Waals surface area contributed by atoms with Gasteiger partial charge in [-0.15, -0.1) is 0 Å². The largest absolute Gasteiger partial charge is 0.471 e. The lowest BCUT2D eigenvalue weighted by molar-refractivity contribution is -0.190. The van der Waals surface area contributed by atoms with E-state index in [1.54, 1.807) is 0 Å². The summed E-state index contributed by atoms with van der Waals surface area (Å²) in [4.78, 5) is 15.0. The van der Waals surface area contributed by atoms with Crippen LogP contribution in [0.5, 0.6) is 0 Å². The van der Waals surface area contributed by atoms with Crippen LogP contribution in [0, 0.1) is 17.2 Å². The Morgan fingerprint density at radius 1 is 1.29 bits per heavy atom. The maximum absolute atomic E-state index is 13.1. The van der Waals surface area contributed by atoms with Crippen molar-refractivity contribution in [2.24, 2.45) is 5.92 Å². The summed E-state index contributed by atoms with van der Waals surface area (Å²) in [5.41, 5.74) is -0.589. The Balaban J connectivity index is 1.67. The van der Waals surface area contributed by atoms with Crippen molar-refractivity contribution in [3.8, 4) is 6.07 Å². The molecule has 0 spiro atoms. The van der Waals surface area contributed by atoms with Crippen LogP contribution in [0.4, 0.5) is 13.2 Å². The van der Waals surface area contributed by atoms with Gasteiger partial charge in [-0.1, -0.05) is 6.92 Å². The third-order valence-electron chi connectivity index (χ3n) is 6.25. The van der Waals surface area contributed by atoms with Gasteiger partial charge >= 0.3 is 12.1 Å². The van der Waals surface area contributed by atoms with Crippen LogP contribution >= 0.6 is 0 Å². The SMILES string of the molecule is C[C@@H]1C[C@H]1N(C(=O)C(F)(F)F)C1CCN(C2(CC#N)CN(S(C)(=O)=O)C2)CC1. The number of hydrogen-bond acceptors (Lipinski definition) is 5. The Bertz CT molecular complexity index is 765. The van der Waals surface area contributed by atoms with Crippen LogP contribution < -0.4 is 0 Å². The number of piperidine rings is 1. The van der Waals surface area contributed by atoms with E-state index in [0.29, 0.717) is 32.4 Å². The molecule has 11 heteroatoms. The van der Waals surface area contributed by atoms with E-state index in [4.69, 9.17) is 0 Å². The summed E-state index contributed by atoms with van der Waals surface area (Å²) < 4.78 is 63.8. The number of nitrogens with zero attached hydrogens (tertiary/aromatic N) is 4. The van der Waals surface area contributed by atoms with Gasteiger partial charge in [0.05, 0.1) is 24.3 Å². The molecule has 7 nitrogen and oxygen atoms in total. The Hall–Kier alpha value is -1.38. The van der Waals surface area contributed by atoms with Crippen molar-refractivity contribution < 1.29 is 26.4 Å². The first-order valence-electron chi connectivity index (χ1n) is 9.36. The van der Waals surface area contributed by atoms with Crippen molar-refractivity contribution in [3.05, 3.63) is 0 Å². The summed E-state index contributed by atoms with van der Waals surface area (Å²) in [6.07, 6.45) is -2.25. The van der Waals surface area contributed by atoms with Gasteiger partial charge in [0.25, 0.3) is 0 Å². The molecule has 1 aliphatic carbocycles. The molecule has 2 aliphatic heterocycles. The number of likely N-dealkylation sites (tertiary alicyclic amines) is 1. The van der Waals surface area contributed by atoms with Crippen molar-refractivity contribution in [1.82, 2.24) is 14.1 Å². The Labute approximate surface area is 163 Å². The highest BCUT2D eigenvalue weighted by molar-refractivity contribution is 7.88. The lowest BCUT2D eigenvalue weighted by atomic mass is 9.84. The van der Waals surface area contributed by atoms with E-state index in [2.05, 4.69) is 6.07 Å². The summed E-state index contributed by atoms with van der Waals surface area (Å²) in [5, 5.41) is 9.18. The minimum Gasteiger partial charge on any atom is -0.329 e. The van der Waals surface area contributed by atoms with E-state index in [1.807, 2.05) is 11.8 Å². The summed E-state index contributed by atoms with van der Waals surface area (Å²) in [6, 6.07) is 1.27. The molecule has 0 unspecified atom stereocenters. The molecule has 0 N–H and O–H groups in total. The Morgan fingerprint density at radius 2 is 1.82 bits per heavy atom. The van der Waals surface area contributed by atoms with E-state index in [9.17, 15) is 31.6 Å². The minimum absolute atomic E-state index is 0.0733. The molecule has 3 rings (SSSR count). The number of carbonyl (C=O) groups is 1. The zero-order chi connectivity index (χ0) is 20.9. The fourth-order valence-corrected chi connectivity index (χ4v) is 5.41. The van der Waals surface area contributed by atoms with E-state index >= 15 is 0 Å². The van der Waals surface area contributed by atoms with Crippen LogP contribution in [-0.4, -0.2) is 84.7 Å². The van der Waals surface area contributed by atoms with E-state index in [0.717, 1.165) is 11.2 Å². The molecule has 3 aliphatic rings. The van der Waals surface area contributed by atoms with Gasteiger partial charge in [-0.3, -0.25) is 9.69 Å². The number of amides is 1. The predicted octanol–water partition coefficient (Wildman–Crippen LogP) is 1.18. The van der Waals surface area contributed by atoms with Gasteiger partial charge in [-0.2, -0.15) is 22.7 Å². The zero-order valence-electron chi connectivity index (χ0n) is 15.9. The highest BCUT2D eigenvalue weighted by Gasteiger charge is 2.55. The lowest BCUT2D eigenvalue weighted by Crippen LogP contribution is -2.72. The normalized spacial score (nSPS) is 29.0. The van der Waals surface area contributed by atoms with E-state index in [1.165, 1.54) is 4.31 Å². The third kappa shape index (κ3) is 4.00. The summed E-state index contributed by atoms with van der Waals surface area (Å²) in [6.45, 7) is 3.15. The number of rotatable bonds is 5. The Morgan fingerprint density at radius 3 is 2.21 bits per heavy atom. The van der Waals surface area contributed by atoms with Gasteiger partial charge in [0.1, 0.15) is 0 Å². The summed E-state index contributed by atoms with van der Waals surface area (Å²) >= 11 is 0. The second kappa shape index (κ2) is 7.15. The van der Waals surface area contributed by atoms with Crippen LogP contribution in [0.25, 0.3) is 0 Å². The standard InChI is InChI=1S/C17H25F3N4O3S/c1-12-9-14(12)24(15(25)17(18,19)20)13-3-7-22(8-4-13)16(5-6-21)10-23(11-16)28(2,26)27/h12-14H,3-5,7-11H2,1-2H3/t12-,14-/m1/s1. The molecule has 3 fully saturated rings. The van der Waals surface area contributed by atoms with Crippen molar-refractivity contribution in [1.29, 1.82) is 5.26 Å². The number of alkyl halides is 3. The monoisotopic (exact) mass is 422 g/mol. The quantitative estimate of drug-likeness (QED) is 0.664. The van der Waals surface area contributed by atoms with Gasteiger partial charge in [0.15, 0.2) is 0 Å². The van der Waals surface area contributed by atoms with Gasteiger partial charge in [-0.05, 0) is 25.2 Å². The van der Waals surface area contributed by atoms with Crippen molar-refractivity contribution >= 4 is 15.9 Å². The third-order valence-corrected chi connectivity index (χ3v) is 7.44. The van der Waals surface area contributed by atoms with Crippen molar-refractivity contribution in [2.45, 2.75) is 56.4 Å². The molecule has 1 saturated carbocycles. The minimum atomic E-state index is -4.88. The first kappa shape index (κ1) is 21.3. The highest BCUT2D eigenvalue weighted by atomic mass is 32.2.